The molecule has 0 amide bonds. The molecule has 112 valence electrons. The van der Waals surface area contributed by atoms with Crippen LogP contribution in [0.5, 0.6) is 0 Å². The van der Waals surface area contributed by atoms with Crippen molar-refractivity contribution in [1.29, 1.82) is 0 Å². The standard InChI is InChI=1S/C18H19N3O/c1-2-5-18(22)13-8-10-14(11-9-13)19-12-17-15-6-3-4-7-16(15)20-21-17/h3-4,6-11,19H,2,5,12H2,1H3,(H,20,21). The van der Waals surface area contributed by atoms with Gasteiger partial charge in [-0.1, -0.05) is 25.1 Å². The SMILES string of the molecule is CCCC(=O)c1ccc(NCc2n[nH]c3ccccc23)cc1. The third kappa shape index (κ3) is 3.01. The van der Waals surface area contributed by atoms with Crippen molar-refractivity contribution >= 4 is 22.4 Å². The summed E-state index contributed by atoms with van der Waals surface area (Å²) in [4.78, 5) is 11.8. The number of para-hydroxylation sites is 1. The second-order valence-corrected chi connectivity index (χ2v) is 5.32. The van der Waals surface area contributed by atoms with Crippen LogP contribution in [-0.2, 0) is 6.54 Å². The fourth-order valence-electron chi connectivity index (χ4n) is 2.49. The topological polar surface area (TPSA) is 57.8 Å². The number of nitrogens with one attached hydrogen (secondary N) is 2. The van der Waals surface area contributed by atoms with Gasteiger partial charge < -0.3 is 5.32 Å². The Hall–Kier alpha value is -2.62. The predicted molar refractivity (Wildman–Crippen MR) is 89.1 cm³/mol. The van der Waals surface area contributed by atoms with E-state index < -0.39 is 0 Å². The van der Waals surface area contributed by atoms with Crippen LogP contribution in [0.25, 0.3) is 10.9 Å². The number of fused-ring (bicyclic) bond motifs is 1. The van der Waals surface area contributed by atoms with Crippen LogP contribution in [0.2, 0.25) is 0 Å². The Bertz CT molecular complexity index is 774. The van der Waals surface area contributed by atoms with Crippen LogP contribution < -0.4 is 5.32 Å². The molecule has 1 aromatic heterocycles. The van der Waals surface area contributed by atoms with Gasteiger partial charge in [0, 0.05) is 23.1 Å². The van der Waals surface area contributed by atoms with Gasteiger partial charge in [0.25, 0.3) is 0 Å². The number of nitrogens with zero attached hydrogens (tertiary/aromatic N) is 1. The highest BCUT2D eigenvalue weighted by molar-refractivity contribution is 5.96. The summed E-state index contributed by atoms with van der Waals surface area (Å²) in [5.74, 6) is 0.201. The molecule has 2 aromatic carbocycles. The Morgan fingerprint density at radius 1 is 1.14 bits per heavy atom. The van der Waals surface area contributed by atoms with E-state index in [2.05, 4.69) is 21.6 Å². The summed E-state index contributed by atoms with van der Waals surface area (Å²) in [5, 5.41) is 11.8. The lowest BCUT2D eigenvalue weighted by Gasteiger charge is -2.06. The quantitative estimate of drug-likeness (QED) is 0.671. The monoisotopic (exact) mass is 293 g/mol. The van der Waals surface area contributed by atoms with Crippen molar-refractivity contribution in [3.05, 3.63) is 59.8 Å². The largest absolute Gasteiger partial charge is 0.379 e. The molecule has 0 aliphatic rings. The van der Waals surface area contributed by atoms with E-state index in [1.54, 1.807) is 0 Å². The molecule has 0 spiro atoms. The van der Waals surface area contributed by atoms with E-state index in [0.717, 1.165) is 34.3 Å². The number of anilines is 1. The van der Waals surface area contributed by atoms with Crippen LogP contribution in [0.15, 0.2) is 48.5 Å². The van der Waals surface area contributed by atoms with Crippen molar-refractivity contribution in [1.82, 2.24) is 10.2 Å². The summed E-state index contributed by atoms with van der Waals surface area (Å²) in [7, 11) is 0. The number of carbonyl (C=O) groups excluding carboxylic acids is 1. The van der Waals surface area contributed by atoms with E-state index in [4.69, 9.17) is 0 Å². The fourth-order valence-corrected chi connectivity index (χ4v) is 2.49. The summed E-state index contributed by atoms with van der Waals surface area (Å²) in [5.41, 5.74) is 3.79. The molecule has 0 fully saturated rings. The number of rotatable bonds is 6. The van der Waals surface area contributed by atoms with Crippen molar-refractivity contribution in [3.8, 4) is 0 Å². The molecule has 0 radical (unpaired) electrons. The first-order chi connectivity index (χ1) is 10.8. The second-order valence-electron chi connectivity index (χ2n) is 5.32. The maximum atomic E-state index is 11.8. The second kappa shape index (κ2) is 6.43. The van der Waals surface area contributed by atoms with E-state index in [0.29, 0.717) is 13.0 Å². The van der Waals surface area contributed by atoms with Gasteiger partial charge >= 0.3 is 0 Å². The van der Waals surface area contributed by atoms with Crippen LogP contribution in [0.4, 0.5) is 5.69 Å². The summed E-state index contributed by atoms with van der Waals surface area (Å²) < 4.78 is 0. The highest BCUT2D eigenvalue weighted by Gasteiger charge is 2.06. The first-order valence-electron chi connectivity index (χ1n) is 7.57. The Morgan fingerprint density at radius 2 is 1.91 bits per heavy atom. The van der Waals surface area contributed by atoms with Crippen molar-refractivity contribution in [2.45, 2.75) is 26.3 Å². The van der Waals surface area contributed by atoms with Crippen LogP contribution in [0.1, 0.15) is 35.8 Å². The number of Topliss-reactive ketones (excluding diaryl/α,β-unsaturated/α-hetero) is 1. The highest BCUT2D eigenvalue weighted by Crippen LogP contribution is 2.17. The Balaban J connectivity index is 1.68. The summed E-state index contributed by atoms with van der Waals surface area (Å²) in [6.07, 6.45) is 1.48. The minimum Gasteiger partial charge on any atom is -0.379 e. The number of hydrogen-bond acceptors (Lipinski definition) is 3. The molecule has 0 atom stereocenters. The normalized spacial score (nSPS) is 10.8. The first kappa shape index (κ1) is 14.3. The molecule has 2 N–H and O–H groups in total. The third-order valence-corrected chi connectivity index (χ3v) is 3.69. The zero-order valence-corrected chi connectivity index (χ0v) is 12.6. The maximum absolute atomic E-state index is 11.8. The number of aromatic nitrogens is 2. The zero-order valence-electron chi connectivity index (χ0n) is 12.6. The predicted octanol–water partition coefficient (Wildman–Crippen LogP) is 4.16. The van der Waals surface area contributed by atoms with E-state index in [-0.39, 0.29) is 5.78 Å². The number of H-pyrrole nitrogens is 1. The average molecular weight is 293 g/mol. The van der Waals surface area contributed by atoms with Gasteiger partial charge in [-0.05, 0) is 36.8 Å². The van der Waals surface area contributed by atoms with Crippen LogP contribution in [0, 0.1) is 0 Å². The van der Waals surface area contributed by atoms with Crippen molar-refractivity contribution in [2.75, 3.05) is 5.32 Å². The lowest BCUT2D eigenvalue weighted by molar-refractivity contribution is 0.0982. The summed E-state index contributed by atoms with van der Waals surface area (Å²) >= 11 is 0. The lowest BCUT2D eigenvalue weighted by Crippen LogP contribution is -2.02. The zero-order chi connectivity index (χ0) is 15.4. The molecule has 4 heteroatoms. The maximum Gasteiger partial charge on any atom is 0.162 e. The molecule has 0 saturated carbocycles. The van der Waals surface area contributed by atoms with Gasteiger partial charge in [-0.2, -0.15) is 5.10 Å². The molecule has 4 nitrogen and oxygen atoms in total. The van der Waals surface area contributed by atoms with Crippen LogP contribution in [-0.4, -0.2) is 16.0 Å². The van der Waals surface area contributed by atoms with Crippen molar-refractivity contribution in [3.63, 3.8) is 0 Å². The van der Waals surface area contributed by atoms with Crippen molar-refractivity contribution in [2.24, 2.45) is 0 Å². The molecule has 3 aromatic rings. The number of benzene rings is 2. The Labute approximate surface area is 129 Å². The average Bonchev–Trinajstić information content (AvgIpc) is 2.97. The van der Waals surface area contributed by atoms with Gasteiger partial charge in [0.15, 0.2) is 5.78 Å². The van der Waals surface area contributed by atoms with Crippen molar-refractivity contribution < 1.29 is 4.79 Å². The number of hydrogen-bond donors (Lipinski definition) is 2. The first-order valence-corrected chi connectivity index (χ1v) is 7.57. The number of carbonyl (C=O) groups is 1. The summed E-state index contributed by atoms with van der Waals surface area (Å²) in [6, 6.07) is 15.7. The highest BCUT2D eigenvalue weighted by atomic mass is 16.1. The van der Waals surface area contributed by atoms with Gasteiger partial charge in [-0.25, -0.2) is 0 Å². The van der Waals surface area contributed by atoms with Crippen LogP contribution >= 0.6 is 0 Å². The molecular formula is C18H19N3O. The number of aromatic amines is 1. The molecule has 3 rings (SSSR count). The molecular weight excluding hydrogens is 274 g/mol. The molecule has 1 heterocycles. The van der Waals surface area contributed by atoms with Gasteiger partial charge in [0.05, 0.1) is 17.8 Å². The molecule has 0 unspecified atom stereocenters. The molecule has 0 aliphatic heterocycles. The Kier molecular flexibility index (Phi) is 4.19. The van der Waals surface area contributed by atoms with Crippen LogP contribution in [0.3, 0.4) is 0 Å². The lowest BCUT2D eigenvalue weighted by atomic mass is 10.1. The van der Waals surface area contributed by atoms with E-state index >= 15 is 0 Å². The molecule has 0 saturated heterocycles. The summed E-state index contributed by atoms with van der Waals surface area (Å²) in [6.45, 7) is 2.66. The third-order valence-electron chi connectivity index (χ3n) is 3.69. The van der Waals surface area contributed by atoms with Gasteiger partial charge in [0.2, 0.25) is 0 Å². The Morgan fingerprint density at radius 3 is 2.68 bits per heavy atom. The minimum atomic E-state index is 0.201. The smallest absolute Gasteiger partial charge is 0.162 e. The van der Waals surface area contributed by atoms with E-state index in [9.17, 15) is 4.79 Å². The van der Waals surface area contributed by atoms with E-state index in [1.165, 1.54) is 0 Å². The number of ketones is 1. The van der Waals surface area contributed by atoms with Gasteiger partial charge in [-0.15, -0.1) is 0 Å². The van der Waals surface area contributed by atoms with Gasteiger partial charge in [0.1, 0.15) is 0 Å². The van der Waals surface area contributed by atoms with E-state index in [1.807, 2.05) is 49.4 Å². The molecule has 0 bridgehead atoms. The fraction of sp³-hybridized carbons (Fsp3) is 0.222. The van der Waals surface area contributed by atoms with Gasteiger partial charge in [-0.3, -0.25) is 9.89 Å². The molecule has 22 heavy (non-hydrogen) atoms. The molecule has 0 aliphatic carbocycles. The minimum absolute atomic E-state index is 0.201.